The minimum absolute atomic E-state index is 0.850. The van der Waals surface area contributed by atoms with E-state index < -0.39 is 0 Å². The van der Waals surface area contributed by atoms with Crippen molar-refractivity contribution in [3.63, 3.8) is 0 Å². The van der Waals surface area contributed by atoms with Crippen molar-refractivity contribution in [3.05, 3.63) is 0 Å². The molecule has 0 aromatic rings. The molecule has 0 aromatic heterocycles. The van der Waals surface area contributed by atoms with E-state index in [1.807, 2.05) is 0 Å². The van der Waals surface area contributed by atoms with E-state index in [4.69, 9.17) is 0 Å². The molecule has 1 atom stereocenters. The Morgan fingerprint density at radius 2 is 2.25 bits per heavy atom. The van der Waals surface area contributed by atoms with E-state index in [-0.39, 0.29) is 0 Å². The van der Waals surface area contributed by atoms with E-state index in [2.05, 4.69) is 25.5 Å². The molecule has 0 amide bonds. The molecule has 8 heavy (non-hydrogen) atoms. The molecule has 0 fully saturated rings. The van der Waals surface area contributed by atoms with Crippen LogP contribution in [0, 0.1) is 5.92 Å². The maximum atomic E-state index is 4.07. The Morgan fingerprint density at radius 1 is 1.62 bits per heavy atom. The third-order valence-corrected chi connectivity index (χ3v) is 2.31. The molecule has 0 aliphatic carbocycles. The SMILES string of the molecule is CCCC(C)CSS. The lowest BCUT2D eigenvalue weighted by atomic mass is 10.1. The van der Waals surface area contributed by atoms with Crippen molar-refractivity contribution in [1.29, 1.82) is 0 Å². The predicted octanol–water partition coefficient (Wildman–Crippen LogP) is 3.00. The number of rotatable bonds is 4. The quantitative estimate of drug-likeness (QED) is 0.475. The van der Waals surface area contributed by atoms with E-state index in [0.717, 1.165) is 5.92 Å². The smallest absolute Gasteiger partial charge is 0.00602 e. The molecular weight excluding hydrogens is 136 g/mol. The van der Waals surface area contributed by atoms with E-state index in [9.17, 15) is 0 Å². The second-order valence-corrected chi connectivity index (χ2v) is 3.56. The van der Waals surface area contributed by atoms with Crippen LogP contribution in [0.15, 0.2) is 0 Å². The van der Waals surface area contributed by atoms with Crippen LogP contribution < -0.4 is 0 Å². The molecule has 0 saturated heterocycles. The van der Waals surface area contributed by atoms with Gasteiger partial charge in [0, 0.05) is 5.75 Å². The van der Waals surface area contributed by atoms with Crippen LogP contribution in [0.1, 0.15) is 26.7 Å². The molecule has 0 heterocycles. The van der Waals surface area contributed by atoms with E-state index >= 15 is 0 Å². The molecule has 0 nitrogen and oxygen atoms in total. The standard InChI is InChI=1S/C6H14S2/c1-3-4-6(2)5-8-7/h6-7H,3-5H2,1-2H3. The van der Waals surface area contributed by atoms with Crippen LogP contribution in [-0.2, 0) is 0 Å². The highest BCUT2D eigenvalue weighted by atomic mass is 33.1. The monoisotopic (exact) mass is 150 g/mol. The zero-order valence-electron chi connectivity index (χ0n) is 5.55. The van der Waals surface area contributed by atoms with Crippen LogP contribution >= 0.6 is 22.5 Å². The summed E-state index contributed by atoms with van der Waals surface area (Å²) in [6, 6.07) is 0. The van der Waals surface area contributed by atoms with Gasteiger partial charge in [-0.3, -0.25) is 0 Å². The summed E-state index contributed by atoms with van der Waals surface area (Å²) < 4.78 is 0. The average Bonchev–Trinajstić information content (AvgIpc) is 1.68. The summed E-state index contributed by atoms with van der Waals surface area (Å²) in [5.74, 6) is 2.04. The summed E-state index contributed by atoms with van der Waals surface area (Å²) in [6.45, 7) is 4.49. The minimum atomic E-state index is 0.850. The van der Waals surface area contributed by atoms with Crippen molar-refractivity contribution in [2.75, 3.05) is 5.75 Å². The van der Waals surface area contributed by atoms with Crippen molar-refractivity contribution in [2.45, 2.75) is 26.7 Å². The first-order valence-electron chi connectivity index (χ1n) is 3.07. The number of hydrogen-bond donors (Lipinski definition) is 1. The predicted molar refractivity (Wildman–Crippen MR) is 45.5 cm³/mol. The van der Waals surface area contributed by atoms with Crippen LogP contribution in [0.2, 0.25) is 0 Å². The van der Waals surface area contributed by atoms with Crippen molar-refractivity contribution in [3.8, 4) is 0 Å². The van der Waals surface area contributed by atoms with Crippen molar-refractivity contribution < 1.29 is 0 Å². The van der Waals surface area contributed by atoms with Crippen LogP contribution in [0.5, 0.6) is 0 Å². The van der Waals surface area contributed by atoms with Crippen LogP contribution in [0.3, 0.4) is 0 Å². The highest BCUT2D eigenvalue weighted by molar-refractivity contribution is 8.68. The van der Waals surface area contributed by atoms with Gasteiger partial charge in [-0.25, -0.2) is 0 Å². The summed E-state index contributed by atoms with van der Waals surface area (Å²) in [5, 5.41) is 0. The molecular formula is C6H14S2. The molecule has 1 unspecified atom stereocenters. The van der Waals surface area contributed by atoms with Gasteiger partial charge >= 0.3 is 0 Å². The highest BCUT2D eigenvalue weighted by Gasteiger charge is 1.96. The lowest BCUT2D eigenvalue weighted by Gasteiger charge is -2.04. The zero-order valence-corrected chi connectivity index (χ0v) is 7.27. The Bertz CT molecular complexity index is 39.8. The largest absolute Gasteiger partial charge is 0.111 e. The summed E-state index contributed by atoms with van der Waals surface area (Å²) >= 11 is 4.07. The van der Waals surface area contributed by atoms with Gasteiger partial charge in [0.15, 0.2) is 0 Å². The van der Waals surface area contributed by atoms with Gasteiger partial charge in [-0.2, -0.15) is 0 Å². The maximum Gasteiger partial charge on any atom is 0.00602 e. The molecule has 2 heteroatoms. The van der Waals surface area contributed by atoms with E-state index in [0.29, 0.717) is 0 Å². The highest BCUT2D eigenvalue weighted by Crippen LogP contribution is 2.14. The second-order valence-electron chi connectivity index (χ2n) is 2.19. The number of thiol groups is 1. The molecule has 0 N–H and O–H groups in total. The molecule has 0 bridgehead atoms. The van der Waals surface area contributed by atoms with Gasteiger partial charge in [-0.05, 0) is 5.92 Å². The van der Waals surface area contributed by atoms with Crippen molar-refractivity contribution in [2.24, 2.45) is 5.92 Å². The first-order chi connectivity index (χ1) is 3.81. The lowest BCUT2D eigenvalue weighted by Crippen LogP contribution is -1.94. The van der Waals surface area contributed by atoms with Gasteiger partial charge < -0.3 is 0 Å². The fraction of sp³-hybridized carbons (Fsp3) is 1.00. The third kappa shape index (κ3) is 4.85. The summed E-state index contributed by atoms with van der Waals surface area (Å²) in [4.78, 5) is 0. The van der Waals surface area contributed by atoms with E-state index in [1.54, 1.807) is 10.8 Å². The van der Waals surface area contributed by atoms with Gasteiger partial charge in [-0.1, -0.05) is 37.5 Å². The summed E-state index contributed by atoms with van der Waals surface area (Å²) in [6.07, 6.45) is 2.64. The summed E-state index contributed by atoms with van der Waals surface area (Å²) in [7, 11) is 1.64. The number of hydrogen-bond acceptors (Lipinski definition) is 2. The molecule has 0 aliphatic rings. The lowest BCUT2D eigenvalue weighted by molar-refractivity contribution is 0.586. The molecule has 0 spiro atoms. The van der Waals surface area contributed by atoms with Gasteiger partial charge in [0.2, 0.25) is 0 Å². The zero-order chi connectivity index (χ0) is 6.41. The van der Waals surface area contributed by atoms with Gasteiger partial charge in [0.25, 0.3) is 0 Å². The Hall–Kier alpha value is 0.700. The van der Waals surface area contributed by atoms with Crippen molar-refractivity contribution >= 4 is 22.5 Å². The Labute approximate surface area is 61.2 Å². The van der Waals surface area contributed by atoms with Gasteiger partial charge in [0.1, 0.15) is 0 Å². The maximum absolute atomic E-state index is 4.07. The molecule has 0 saturated carbocycles. The Kier molecular flexibility index (Phi) is 6.34. The van der Waals surface area contributed by atoms with Gasteiger partial charge in [0.05, 0.1) is 0 Å². The Balaban J connectivity index is 2.92. The fourth-order valence-electron chi connectivity index (χ4n) is 0.703. The average molecular weight is 150 g/mol. The molecule has 0 aliphatic heterocycles. The normalized spacial score (nSPS) is 13.9. The van der Waals surface area contributed by atoms with Crippen LogP contribution in [0.4, 0.5) is 0 Å². The molecule has 0 rings (SSSR count). The fourth-order valence-corrected chi connectivity index (χ4v) is 1.89. The first kappa shape index (κ1) is 8.70. The van der Waals surface area contributed by atoms with Crippen molar-refractivity contribution in [1.82, 2.24) is 0 Å². The summed E-state index contributed by atoms with van der Waals surface area (Å²) in [5.41, 5.74) is 0. The topological polar surface area (TPSA) is 0 Å². The third-order valence-electron chi connectivity index (χ3n) is 1.14. The second kappa shape index (κ2) is 5.83. The molecule has 0 radical (unpaired) electrons. The molecule has 0 aromatic carbocycles. The Morgan fingerprint density at radius 3 is 2.62 bits per heavy atom. The first-order valence-corrected chi connectivity index (χ1v) is 5.11. The van der Waals surface area contributed by atoms with Crippen LogP contribution in [0.25, 0.3) is 0 Å². The molecule has 50 valence electrons. The van der Waals surface area contributed by atoms with E-state index in [1.165, 1.54) is 18.6 Å². The van der Waals surface area contributed by atoms with Crippen LogP contribution in [-0.4, -0.2) is 5.75 Å². The minimum Gasteiger partial charge on any atom is -0.111 e. The van der Waals surface area contributed by atoms with Gasteiger partial charge in [-0.15, -0.1) is 11.7 Å².